The van der Waals surface area contributed by atoms with Gasteiger partial charge in [0, 0.05) is 6.04 Å². The van der Waals surface area contributed by atoms with E-state index in [1.807, 2.05) is 6.07 Å². The van der Waals surface area contributed by atoms with E-state index >= 15 is 0 Å². The standard InChI is InChI=1S/C15H26N2/c1-11(2)6-5-7-13(4)17-15-9-8-12(3)10-14(15)16/h8-11,13,17H,5-7,16H2,1-4H3. The second-order valence-electron chi connectivity index (χ2n) is 5.46. The molecule has 1 rings (SSSR count). The van der Waals surface area contributed by atoms with Gasteiger partial charge in [0.25, 0.3) is 0 Å². The van der Waals surface area contributed by atoms with Crippen molar-refractivity contribution >= 4 is 11.4 Å². The van der Waals surface area contributed by atoms with E-state index in [1.165, 1.54) is 24.8 Å². The third-order valence-corrected chi connectivity index (χ3v) is 3.03. The van der Waals surface area contributed by atoms with E-state index in [4.69, 9.17) is 5.73 Å². The third-order valence-electron chi connectivity index (χ3n) is 3.03. The van der Waals surface area contributed by atoms with Gasteiger partial charge in [0.15, 0.2) is 0 Å². The summed E-state index contributed by atoms with van der Waals surface area (Å²) < 4.78 is 0. The second kappa shape index (κ2) is 6.53. The van der Waals surface area contributed by atoms with Crippen molar-refractivity contribution < 1.29 is 0 Å². The van der Waals surface area contributed by atoms with E-state index in [0.717, 1.165) is 17.3 Å². The molecule has 0 aliphatic carbocycles. The third kappa shape index (κ3) is 5.12. The summed E-state index contributed by atoms with van der Waals surface area (Å²) in [5.41, 5.74) is 9.10. The second-order valence-corrected chi connectivity index (χ2v) is 5.46. The average molecular weight is 234 g/mol. The van der Waals surface area contributed by atoms with Crippen LogP contribution in [0.1, 0.15) is 45.6 Å². The van der Waals surface area contributed by atoms with Crippen molar-refractivity contribution in [3.63, 3.8) is 0 Å². The Morgan fingerprint density at radius 1 is 1.18 bits per heavy atom. The van der Waals surface area contributed by atoms with E-state index in [0.29, 0.717) is 6.04 Å². The molecule has 1 atom stereocenters. The zero-order chi connectivity index (χ0) is 12.8. The van der Waals surface area contributed by atoms with E-state index in [-0.39, 0.29) is 0 Å². The topological polar surface area (TPSA) is 38.0 Å². The largest absolute Gasteiger partial charge is 0.397 e. The molecule has 0 bridgehead atoms. The van der Waals surface area contributed by atoms with Gasteiger partial charge in [-0.25, -0.2) is 0 Å². The van der Waals surface area contributed by atoms with E-state index < -0.39 is 0 Å². The number of hydrogen-bond acceptors (Lipinski definition) is 2. The maximum atomic E-state index is 5.98. The van der Waals surface area contributed by atoms with E-state index in [1.54, 1.807) is 0 Å². The van der Waals surface area contributed by atoms with E-state index in [9.17, 15) is 0 Å². The number of benzene rings is 1. The molecule has 0 spiro atoms. The van der Waals surface area contributed by atoms with Crippen LogP contribution in [0.4, 0.5) is 11.4 Å². The van der Waals surface area contributed by atoms with Crippen molar-refractivity contribution in [2.24, 2.45) is 5.92 Å². The lowest BCUT2D eigenvalue weighted by Crippen LogP contribution is -2.16. The molecular weight excluding hydrogens is 208 g/mol. The summed E-state index contributed by atoms with van der Waals surface area (Å²) in [5.74, 6) is 0.798. The Labute approximate surface area is 106 Å². The molecule has 1 unspecified atom stereocenters. The molecule has 0 amide bonds. The molecule has 3 N–H and O–H groups in total. The fraction of sp³-hybridized carbons (Fsp3) is 0.600. The fourth-order valence-corrected chi connectivity index (χ4v) is 1.98. The Morgan fingerprint density at radius 2 is 1.88 bits per heavy atom. The molecule has 0 saturated heterocycles. The SMILES string of the molecule is Cc1ccc(NC(C)CCCC(C)C)c(N)c1. The number of hydrogen-bond donors (Lipinski definition) is 2. The first-order valence-electron chi connectivity index (χ1n) is 6.61. The Hall–Kier alpha value is -1.18. The lowest BCUT2D eigenvalue weighted by molar-refractivity contribution is 0.520. The molecule has 0 aliphatic heterocycles. The molecule has 96 valence electrons. The van der Waals surface area contributed by atoms with Gasteiger partial charge in [-0.05, 0) is 43.9 Å². The highest BCUT2D eigenvalue weighted by molar-refractivity contribution is 5.67. The Balaban J connectivity index is 2.42. The van der Waals surface area contributed by atoms with Crippen molar-refractivity contribution in [2.75, 3.05) is 11.1 Å². The van der Waals surface area contributed by atoms with Gasteiger partial charge in [0.05, 0.1) is 11.4 Å². The lowest BCUT2D eigenvalue weighted by atomic mass is 10.0. The lowest BCUT2D eigenvalue weighted by Gasteiger charge is -2.17. The van der Waals surface area contributed by atoms with Crippen LogP contribution >= 0.6 is 0 Å². The predicted molar refractivity (Wildman–Crippen MR) is 77.4 cm³/mol. The highest BCUT2D eigenvalue weighted by Gasteiger charge is 2.05. The average Bonchev–Trinajstić information content (AvgIpc) is 2.21. The van der Waals surface area contributed by atoms with Crippen LogP contribution in [0.25, 0.3) is 0 Å². The van der Waals surface area contributed by atoms with Crippen molar-refractivity contribution in [3.05, 3.63) is 23.8 Å². The van der Waals surface area contributed by atoms with Gasteiger partial charge in [-0.3, -0.25) is 0 Å². The smallest absolute Gasteiger partial charge is 0.0576 e. The molecule has 0 aromatic heterocycles. The van der Waals surface area contributed by atoms with Crippen molar-refractivity contribution in [3.8, 4) is 0 Å². The maximum Gasteiger partial charge on any atom is 0.0576 e. The first-order chi connectivity index (χ1) is 7.99. The Morgan fingerprint density at radius 3 is 2.47 bits per heavy atom. The number of nitrogens with two attached hydrogens (primary N) is 1. The van der Waals surface area contributed by atoms with Crippen LogP contribution in [0.2, 0.25) is 0 Å². The highest BCUT2D eigenvalue weighted by Crippen LogP contribution is 2.21. The molecule has 0 radical (unpaired) electrons. The summed E-state index contributed by atoms with van der Waals surface area (Å²) in [6, 6.07) is 6.67. The Bertz CT molecular complexity index is 345. The van der Waals surface area contributed by atoms with Gasteiger partial charge >= 0.3 is 0 Å². The summed E-state index contributed by atoms with van der Waals surface area (Å²) in [4.78, 5) is 0. The van der Waals surface area contributed by atoms with Crippen molar-refractivity contribution in [2.45, 2.75) is 53.0 Å². The first kappa shape index (κ1) is 13.9. The molecule has 1 aromatic carbocycles. The molecule has 2 heteroatoms. The molecule has 17 heavy (non-hydrogen) atoms. The quantitative estimate of drug-likeness (QED) is 0.724. The number of rotatable bonds is 6. The van der Waals surface area contributed by atoms with Crippen LogP contribution in [-0.4, -0.2) is 6.04 Å². The number of anilines is 2. The summed E-state index contributed by atoms with van der Waals surface area (Å²) in [7, 11) is 0. The number of aryl methyl sites for hydroxylation is 1. The summed E-state index contributed by atoms with van der Waals surface area (Å²) in [6.07, 6.45) is 3.78. The molecular formula is C15H26N2. The van der Waals surface area contributed by atoms with Gasteiger partial charge in [-0.15, -0.1) is 0 Å². The zero-order valence-electron chi connectivity index (χ0n) is 11.6. The van der Waals surface area contributed by atoms with Gasteiger partial charge in [0.1, 0.15) is 0 Å². The monoisotopic (exact) mass is 234 g/mol. The van der Waals surface area contributed by atoms with Crippen LogP contribution in [0, 0.1) is 12.8 Å². The summed E-state index contributed by atoms with van der Waals surface area (Å²) >= 11 is 0. The minimum absolute atomic E-state index is 0.485. The van der Waals surface area contributed by atoms with Crippen LogP contribution < -0.4 is 11.1 Å². The molecule has 0 aliphatic rings. The molecule has 0 saturated carbocycles. The van der Waals surface area contributed by atoms with Crippen molar-refractivity contribution in [1.82, 2.24) is 0 Å². The minimum Gasteiger partial charge on any atom is -0.397 e. The maximum absolute atomic E-state index is 5.98. The van der Waals surface area contributed by atoms with Gasteiger partial charge in [-0.1, -0.05) is 32.8 Å². The zero-order valence-corrected chi connectivity index (χ0v) is 11.6. The number of nitrogen functional groups attached to an aromatic ring is 1. The molecule has 0 heterocycles. The molecule has 2 nitrogen and oxygen atoms in total. The van der Waals surface area contributed by atoms with Gasteiger partial charge in [-0.2, -0.15) is 0 Å². The fourth-order valence-electron chi connectivity index (χ4n) is 1.98. The van der Waals surface area contributed by atoms with Gasteiger partial charge in [0.2, 0.25) is 0 Å². The first-order valence-corrected chi connectivity index (χ1v) is 6.61. The van der Waals surface area contributed by atoms with E-state index in [2.05, 4.69) is 45.1 Å². The van der Waals surface area contributed by atoms with Crippen LogP contribution in [0.15, 0.2) is 18.2 Å². The highest BCUT2D eigenvalue weighted by atomic mass is 14.9. The van der Waals surface area contributed by atoms with Crippen molar-refractivity contribution in [1.29, 1.82) is 0 Å². The van der Waals surface area contributed by atoms with Gasteiger partial charge < -0.3 is 11.1 Å². The van der Waals surface area contributed by atoms with Crippen LogP contribution in [0.3, 0.4) is 0 Å². The van der Waals surface area contributed by atoms with Crippen LogP contribution in [0.5, 0.6) is 0 Å². The molecule has 0 fully saturated rings. The van der Waals surface area contributed by atoms with Crippen LogP contribution in [-0.2, 0) is 0 Å². The summed E-state index contributed by atoms with van der Waals surface area (Å²) in [6.45, 7) is 8.83. The number of nitrogens with one attached hydrogen (secondary N) is 1. The summed E-state index contributed by atoms with van der Waals surface area (Å²) in [5, 5.41) is 3.49. The Kier molecular flexibility index (Phi) is 5.33. The predicted octanol–water partition coefficient (Wildman–Crippen LogP) is 4.20. The molecule has 1 aromatic rings. The minimum atomic E-state index is 0.485. The normalized spacial score (nSPS) is 12.8.